The van der Waals surface area contributed by atoms with Gasteiger partial charge in [-0.2, -0.15) is 0 Å². The Bertz CT molecular complexity index is 570. The van der Waals surface area contributed by atoms with Crippen molar-refractivity contribution in [3.63, 3.8) is 0 Å². The predicted molar refractivity (Wildman–Crippen MR) is 86.6 cm³/mol. The third kappa shape index (κ3) is 3.64. The molecular weight excluding hydrogens is 330 g/mol. The van der Waals surface area contributed by atoms with Gasteiger partial charge in [0, 0.05) is 13.1 Å². The summed E-state index contributed by atoms with van der Waals surface area (Å²) < 4.78 is 13.1. The predicted octanol–water partition coefficient (Wildman–Crippen LogP) is 3.56. The number of halogens is 1. The maximum atomic E-state index is 6.26. The van der Waals surface area contributed by atoms with E-state index in [2.05, 4.69) is 33.4 Å². The normalized spacial score (nSPS) is 20.0. The van der Waals surface area contributed by atoms with Gasteiger partial charge in [-0.1, -0.05) is 42.5 Å². The average molecular weight is 348 g/mol. The van der Waals surface area contributed by atoms with Gasteiger partial charge in [0.2, 0.25) is 0 Å². The highest BCUT2D eigenvalue weighted by Gasteiger charge is 2.28. The van der Waals surface area contributed by atoms with Crippen LogP contribution in [0.5, 0.6) is 5.75 Å². The lowest BCUT2D eigenvalue weighted by Gasteiger charge is -2.31. The maximum Gasteiger partial charge on any atom is 0.151 e. The fourth-order valence-corrected chi connectivity index (χ4v) is 2.84. The second-order valence-electron chi connectivity index (χ2n) is 4.99. The van der Waals surface area contributed by atoms with Gasteiger partial charge in [0.1, 0.15) is 11.9 Å². The van der Waals surface area contributed by atoms with E-state index >= 15 is 0 Å². The molecule has 3 nitrogen and oxygen atoms in total. The van der Waals surface area contributed by atoms with Gasteiger partial charge in [-0.15, -0.1) is 0 Å². The zero-order chi connectivity index (χ0) is 14.5. The van der Waals surface area contributed by atoms with Gasteiger partial charge in [0.05, 0.1) is 11.1 Å². The lowest BCUT2D eigenvalue weighted by molar-refractivity contribution is -0.0434. The Labute approximate surface area is 133 Å². The number of hydrogen-bond acceptors (Lipinski definition) is 3. The summed E-state index contributed by atoms with van der Waals surface area (Å²) in [5, 5.41) is 3.37. The molecule has 1 aliphatic rings. The number of benzene rings is 2. The molecule has 1 N–H and O–H groups in total. The zero-order valence-electron chi connectivity index (χ0n) is 11.7. The van der Waals surface area contributed by atoms with Crippen molar-refractivity contribution < 1.29 is 9.47 Å². The van der Waals surface area contributed by atoms with Crippen LogP contribution in [0.4, 0.5) is 0 Å². The molecule has 0 unspecified atom stereocenters. The smallest absolute Gasteiger partial charge is 0.151 e. The molecule has 2 aromatic rings. The van der Waals surface area contributed by atoms with E-state index in [1.54, 1.807) is 0 Å². The number of hydrogen-bond donors (Lipinski definition) is 1. The van der Waals surface area contributed by atoms with E-state index in [-0.39, 0.29) is 12.2 Å². The van der Waals surface area contributed by atoms with Gasteiger partial charge in [0.15, 0.2) is 6.10 Å². The van der Waals surface area contributed by atoms with Gasteiger partial charge < -0.3 is 14.8 Å². The molecule has 21 heavy (non-hydrogen) atoms. The van der Waals surface area contributed by atoms with Gasteiger partial charge in [-0.05, 0) is 33.6 Å². The van der Waals surface area contributed by atoms with Crippen molar-refractivity contribution in [1.82, 2.24) is 5.32 Å². The molecule has 2 atom stereocenters. The molecule has 3 rings (SSSR count). The van der Waals surface area contributed by atoms with Crippen molar-refractivity contribution in [3.8, 4) is 5.75 Å². The first kappa shape index (κ1) is 14.6. The Morgan fingerprint density at radius 1 is 1.10 bits per heavy atom. The first-order valence-electron chi connectivity index (χ1n) is 7.13. The minimum Gasteiger partial charge on any atom is -0.482 e. The highest BCUT2D eigenvalue weighted by molar-refractivity contribution is 9.10. The van der Waals surface area contributed by atoms with Crippen molar-refractivity contribution in [3.05, 3.63) is 64.6 Å². The number of ether oxygens (including phenoxy) is 2. The first-order chi connectivity index (χ1) is 10.3. The van der Waals surface area contributed by atoms with Crippen LogP contribution in [0, 0.1) is 0 Å². The summed E-state index contributed by atoms with van der Waals surface area (Å²) in [5.41, 5.74) is 1.13. The summed E-state index contributed by atoms with van der Waals surface area (Å²) in [6.07, 6.45) is -0.119. The minimum absolute atomic E-state index is 0.00764. The molecular formula is C17H18BrNO2. The third-order valence-corrected chi connectivity index (χ3v) is 4.17. The Hall–Kier alpha value is -1.36. The second-order valence-corrected chi connectivity index (χ2v) is 5.85. The molecule has 110 valence electrons. The van der Waals surface area contributed by atoms with Crippen LogP contribution in [0.25, 0.3) is 0 Å². The summed E-state index contributed by atoms with van der Waals surface area (Å²) in [6.45, 7) is 2.41. The van der Waals surface area contributed by atoms with E-state index in [1.807, 2.05) is 42.5 Å². The number of para-hydroxylation sites is 1. The van der Waals surface area contributed by atoms with Crippen LogP contribution in [0.2, 0.25) is 0 Å². The van der Waals surface area contributed by atoms with Crippen molar-refractivity contribution in [2.75, 3.05) is 19.7 Å². The van der Waals surface area contributed by atoms with Crippen LogP contribution in [0.1, 0.15) is 11.7 Å². The molecule has 0 bridgehead atoms. The third-order valence-electron chi connectivity index (χ3n) is 3.51. The van der Waals surface area contributed by atoms with Crippen molar-refractivity contribution >= 4 is 15.9 Å². The van der Waals surface area contributed by atoms with Crippen LogP contribution in [-0.2, 0) is 4.74 Å². The van der Waals surface area contributed by atoms with E-state index in [1.165, 1.54) is 0 Å². The van der Waals surface area contributed by atoms with Crippen LogP contribution in [0.15, 0.2) is 59.1 Å². The van der Waals surface area contributed by atoms with Gasteiger partial charge in [0.25, 0.3) is 0 Å². The Balaban J connectivity index is 1.87. The highest BCUT2D eigenvalue weighted by atomic mass is 79.9. The van der Waals surface area contributed by atoms with Gasteiger partial charge >= 0.3 is 0 Å². The van der Waals surface area contributed by atoms with Crippen LogP contribution in [-0.4, -0.2) is 25.8 Å². The SMILES string of the molecule is Brc1ccccc1O[C@@H](c1ccccc1)[C@H]1CNCCO1. The molecule has 0 aromatic heterocycles. The largest absolute Gasteiger partial charge is 0.482 e. The van der Waals surface area contributed by atoms with E-state index < -0.39 is 0 Å². The van der Waals surface area contributed by atoms with Crippen LogP contribution >= 0.6 is 15.9 Å². The summed E-state index contributed by atoms with van der Waals surface area (Å²) in [5.74, 6) is 0.834. The molecule has 1 fully saturated rings. The second kappa shape index (κ2) is 7.07. The minimum atomic E-state index is -0.127. The molecule has 0 radical (unpaired) electrons. The monoisotopic (exact) mass is 347 g/mol. The molecule has 1 aliphatic heterocycles. The first-order valence-corrected chi connectivity index (χ1v) is 7.92. The Morgan fingerprint density at radius 2 is 1.86 bits per heavy atom. The van der Waals surface area contributed by atoms with Gasteiger partial charge in [-0.25, -0.2) is 0 Å². The van der Waals surface area contributed by atoms with E-state index in [0.29, 0.717) is 6.61 Å². The standard InChI is InChI=1S/C17H18BrNO2/c18-14-8-4-5-9-15(14)21-17(13-6-2-1-3-7-13)16-12-19-10-11-20-16/h1-9,16-17,19H,10-12H2/t16-,17+/m1/s1. The summed E-state index contributed by atoms with van der Waals surface area (Å²) in [7, 11) is 0. The molecule has 1 heterocycles. The van der Waals surface area contributed by atoms with E-state index in [4.69, 9.17) is 9.47 Å². The molecule has 4 heteroatoms. The number of nitrogens with one attached hydrogen (secondary N) is 1. The fourth-order valence-electron chi connectivity index (χ4n) is 2.46. The highest BCUT2D eigenvalue weighted by Crippen LogP contribution is 2.31. The molecule has 1 saturated heterocycles. The number of morpholine rings is 1. The van der Waals surface area contributed by atoms with Crippen LogP contribution in [0.3, 0.4) is 0 Å². The Kier molecular flexibility index (Phi) is 4.91. The van der Waals surface area contributed by atoms with Crippen molar-refractivity contribution in [2.24, 2.45) is 0 Å². The molecule has 0 amide bonds. The van der Waals surface area contributed by atoms with Crippen LogP contribution < -0.4 is 10.1 Å². The molecule has 2 aromatic carbocycles. The lowest BCUT2D eigenvalue weighted by Crippen LogP contribution is -2.43. The summed E-state index contributed by atoms with van der Waals surface area (Å²) in [6, 6.07) is 18.1. The summed E-state index contributed by atoms with van der Waals surface area (Å²) >= 11 is 3.54. The zero-order valence-corrected chi connectivity index (χ0v) is 13.3. The summed E-state index contributed by atoms with van der Waals surface area (Å²) in [4.78, 5) is 0. The fraction of sp³-hybridized carbons (Fsp3) is 0.294. The van der Waals surface area contributed by atoms with E-state index in [0.717, 1.165) is 28.9 Å². The van der Waals surface area contributed by atoms with Crippen molar-refractivity contribution in [2.45, 2.75) is 12.2 Å². The lowest BCUT2D eigenvalue weighted by atomic mass is 10.0. The number of rotatable bonds is 4. The van der Waals surface area contributed by atoms with E-state index in [9.17, 15) is 0 Å². The topological polar surface area (TPSA) is 30.5 Å². The Morgan fingerprint density at radius 3 is 2.57 bits per heavy atom. The molecule has 0 saturated carbocycles. The molecule has 0 spiro atoms. The molecule has 0 aliphatic carbocycles. The van der Waals surface area contributed by atoms with Gasteiger partial charge in [-0.3, -0.25) is 0 Å². The quantitative estimate of drug-likeness (QED) is 0.917. The maximum absolute atomic E-state index is 6.26. The van der Waals surface area contributed by atoms with Crippen molar-refractivity contribution in [1.29, 1.82) is 0 Å². The average Bonchev–Trinajstić information content (AvgIpc) is 2.56.